The molecule has 1 heterocycles. The summed E-state index contributed by atoms with van der Waals surface area (Å²) < 4.78 is 5.07. The quantitative estimate of drug-likeness (QED) is 0.700. The Bertz CT molecular complexity index is 537. The first kappa shape index (κ1) is 12.0. The van der Waals surface area contributed by atoms with Gasteiger partial charge < -0.3 is 15.8 Å². The molecule has 6 nitrogen and oxygen atoms in total. The number of rotatable bonds is 4. The topological polar surface area (TPSA) is 93.0 Å². The third-order valence-corrected chi connectivity index (χ3v) is 2.54. The van der Waals surface area contributed by atoms with E-state index in [0.717, 1.165) is 5.56 Å². The van der Waals surface area contributed by atoms with Crippen molar-refractivity contribution in [1.82, 2.24) is 15.5 Å². The number of amides is 1. The minimum Gasteiger partial charge on any atom is -0.495 e. The van der Waals surface area contributed by atoms with Crippen LogP contribution in [0.3, 0.4) is 0 Å². The van der Waals surface area contributed by atoms with Crippen LogP contribution >= 0.6 is 0 Å². The Morgan fingerprint density at radius 3 is 3.06 bits per heavy atom. The zero-order valence-corrected chi connectivity index (χ0v) is 9.93. The number of nitrogens with two attached hydrogens (primary N) is 1. The summed E-state index contributed by atoms with van der Waals surface area (Å²) in [5.74, 6) is 0.249. The maximum Gasteiger partial charge on any atom is 0.253 e. The fourth-order valence-corrected chi connectivity index (χ4v) is 1.57. The van der Waals surface area contributed by atoms with Crippen LogP contribution in [0, 0.1) is 0 Å². The van der Waals surface area contributed by atoms with Crippen LogP contribution in [0.4, 0.5) is 5.69 Å². The number of nitrogens with one attached hydrogen (secondary N) is 2. The summed E-state index contributed by atoms with van der Waals surface area (Å²) in [6.45, 7) is 0.395. The number of carbonyl (C=O) groups is 1. The Hall–Kier alpha value is -2.50. The van der Waals surface area contributed by atoms with Crippen LogP contribution < -0.4 is 15.8 Å². The van der Waals surface area contributed by atoms with Crippen LogP contribution in [0.5, 0.6) is 5.75 Å². The monoisotopic (exact) mass is 246 g/mol. The summed E-state index contributed by atoms with van der Waals surface area (Å²) in [5.41, 5.74) is 7.47. The summed E-state index contributed by atoms with van der Waals surface area (Å²) in [6.07, 6.45) is 3.37. The number of methoxy groups -OCH3 is 1. The van der Waals surface area contributed by atoms with Crippen molar-refractivity contribution in [2.24, 2.45) is 0 Å². The second kappa shape index (κ2) is 5.22. The standard InChI is InChI=1S/C12H14N4O2/c1-18-10-4-2-3-9(11(10)13)12(17)14-5-8-6-15-16-7-8/h2-4,6-7H,5,13H2,1H3,(H,14,17)(H,15,16). The molecule has 4 N–H and O–H groups in total. The van der Waals surface area contributed by atoms with Gasteiger partial charge in [0, 0.05) is 18.3 Å². The molecule has 0 spiro atoms. The smallest absolute Gasteiger partial charge is 0.253 e. The van der Waals surface area contributed by atoms with Crippen LogP contribution in [0.2, 0.25) is 0 Å². The van der Waals surface area contributed by atoms with E-state index in [9.17, 15) is 4.79 Å². The van der Waals surface area contributed by atoms with Gasteiger partial charge in [0.15, 0.2) is 0 Å². The second-order valence-corrected chi connectivity index (χ2v) is 3.71. The highest BCUT2D eigenvalue weighted by Crippen LogP contribution is 2.24. The van der Waals surface area contributed by atoms with Crippen molar-refractivity contribution in [1.29, 1.82) is 0 Å². The van der Waals surface area contributed by atoms with Gasteiger partial charge in [-0.25, -0.2) is 0 Å². The van der Waals surface area contributed by atoms with E-state index in [0.29, 0.717) is 23.5 Å². The maximum absolute atomic E-state index is 12.0. The zero-order chi connectivity index (χ0) is 13.0. The van der Waals surface area contributed by atoms with Gasteiger partial charge in [0.05, 0.1) is 24.6 Å². The van der Waals surface area contributed by atoms with E-state index in [1.165, 1.54) is 7.11 Å². The van der Waals surface area contributed by atoms with Gasteiger partial charge in [0.25, 0.3) is 5.91 Å². The minimum absolute atomic E-state index is 0.243. The van der Waals surface area contributed by atoms with Gasteiger partial charge in [0.1, 0.15) is 5.75 Å². The number of H-pyrrole nitrogens is 1. The Morgan fingerprint density at radius 2 is 2.39 bits per heavy atom. The molecule has 0 aliphatic heterocycles. The lowest BCUT2D eigenvalue weighted by atomic mass is 10.1. The number of anilines is 1. The first-order chi connectivity index (χ1) is 8.72. The molecule has 0 aliphatic rings. The Balaban J connectivity index is 2.09. The van der Waals surface area contributed by atoms with Crippen LogP contribution in [0.1, 0.15) is 15.9 Å². The number of benzene rings is 1. The fraction of sp³-hybridized carbons (Fsp3) is 0.167. The van der Waals surface area contributed by atoms with Crippen LogP contribution in [-0.4, -0.2) is 23.2 Å². The Kier molecular flexibility index (Phi) is 3.47. The van der Waals surface area contributed by atoms with Gasteiger partial charge in [-0.05, 0) is 12.1 Å². The molecule has 2 rings (SSSR count). The molecule has 1 aromatic heterocycles. The molecule has 0 radical (unpaired) electrons. The predicted molar refractivity (Wildman–Crippen MR) is 67.2 cm³/mol. The summed E-state index contributed by atoms with van der Waals surface area (Å²) >= 11 is 0. The summed E-state index contributed by atoms with van der Waals surface area (Å²) in [7, 11) is 1.51. The molecule has 0 saturated heterocycles. The van der Waals surface area contributed by atoms with E-state index in [1.54, 1.807) is 30.6 Å². The second-order valence-electron chi connectivity index (χ2n) is 3.71. The highest BCUT2D eigenvalue weighted by Gasteiger charge is 2.12. The van der Waals surface area contributed by atoms with Gasteiger partial charge in [-0.1, -0.05) is 6.07 Å². The number of aromatic nitrogens is 2. The summed E-state index contributed by atoms with van der Waals surface area (Å²) in [5, 5.41) is 9.23. The number of hydrogen-bond donors (Lipinski definition) is 3. The lowest BCUT2D eigenvalue weighted by molar-refractivity contribution is 0.0951. The minimum atomic E-state index is -0.243. The highest BCUT2D eigenvalue weighted by molar-refractivity contribution is 6.00. The molecule has 0 atom stereocenters. The van der Waals surface area contributed by atoms with Crippen LogP contribution in [0.25, 0.3) is 0 Å². The molecule has 18 heavy (non-hydrogen) atoms. The van der Waals surface area contributed by atoms with Gasteiger partial charge >= 0.3 is 0 Å². The average Bonchev–Trinajstić information content (AvgIpc) is 2.89. The third-order valence-electron chi connectivity index (χ3n) is 2.54. The molecule has 6 heteroatoms. The van der Waals surface area contributed by atoms with Crippen molar-refractivity contribution in [2.45, 2.75) is 6.54 Å². The number of carbonyl (C=O) groups excluding carboxylic acids is 1. The largest absolute Gasteiger partial charge is 0.495 e. The third kappa shape index (κ3) is 2.42. The number of nitrogen functional groups attached to an aromatic ring is 1. The molecule has 1 amide bonds. The van der Waals surface area contributed by atoms with Crippen molar-refractivity contribution in [2.75, 3.05) is 12.8 Å². The van der Waals surface area contributed by atoms with Crippen LogP contribution in [0.15, 0.2) is 30.6 Å². The number of hydrogen-bond acceptors (Lipinski definition) is 4. The molecule has 0 saturated carbocycles. The molecule has 0 unspecified atom stereocenters. The van der Waals surface area contributed by atoms with Crippen LogP contribution in [-0.2, 0) is 6.54 Å². The molecule has 2 aromatic rings. The van der Waals surface area contributed by atoms with E-state index >= 15 is 0 Å². The molecule has 0 fully saturated rings. The van der Waals surface area contributed by atoms with Crippen molar-refractivity contribution in [3.8, 4) is 5.75 Å². The van der Waals surface area contributed by atoms with Gasteiger partial charge in [0.2, 0.25) is 0 Å². The first-order valence-corrected chi connectivity index (χ1v) is 5.40. The fourth-order valence-electron chi connectivity index (χ4n) is 1.57. The molecule has 0 bridgehead atoms. The molecular formula is C12H14N4O2. The zero-order valence-electron chi connectivity index (χ0n) is 9.93. The normalized spacial score (nSPS) is 10.1. The van der Waals surface area contributed by atoms with Crippen molar-refractivity contribution < 1.29 is 9.53 Å². The van der Waals surface area contributed by atoms with Gasteiger partial charge in [-0.2, -0.15) is 5.10 Å². The Morgan fingerprint density at radius 1 is 1.56 bits per heavy atom. The van der Waals surface area contributed by atoms with E-state index in [4.69, 9.17) is 10.5 Å². The van der Waals surface area contributed by atoms with Crippen molar-refractivity contribution in [3.63, 3.8) is 0 Å². The van der Waals surface area contributed by atoms with E-state index < -0.39 is 0 Å². The van der Waals surface area contributed by atoms with E-state index in [2.05, 4.69) is 15.5 Å². The highest BCUT2D eigenvalue weighted by atomic mass is 16.5. The maximum atomic E-state index is 12.0. The summed E-state index contributed by atoms with van der Waals surface area (Å²) in [4.78, 5) is 12.0. The number of nitrogens with zero attached hydrogens (tertiary/aromatic N) is 1. The number of ether oxygens (including phenoxy) is 1. The molecule has 94 valence electrons. The lowest BCUT2D eigenvalue weighted by Gasteiger charge is -2.09. The SMILES string of the molecule is COc1cccc(C(=O)NCc2cn[nH]c2)c1N. The number of para-hydroxylation sites is 1. The average molecular weight is 246 g/mol. The molecular weight excluding hydrogens is 232 g/mol. The Labute approximate surface area is 104 Å². The van der Waals surface area contributed by atoms with E-state index in [-0.39, 0.29) is 5.91 Å². The van der Waals surface area contributed by atoms with E-state index in [1.807, 2.05) is 0 Å². The van der Waals surface area contributed by atoms with Gasteiger partial charge in [-0.3, -0.25) is 9.89 Å². The molecule has 0 aliphatic carbocycles. The summed E-state index contributed by atoms with van der Waals surface area (Å²) in [6, 6.07) is 5.09. The molecule has 1 aromatic carbocycles. The lowest BCUT2D eigenvalue weighted by Crippen LogP contribution is -2.23. The predicted octanol–water partition coefficient (Wildman–Crippen LogP) is 0.931. The van der Waals surface area contributed by atoms with Crippen molar-refractivity contribution in [3.05, 3.63) is 41.7 Å². The van der Waals surface area contributed by atoms with Crippen molar-refractivity contribution >= 4 is 11.6 Å². The van der Waals surface area contributed by atoms with Gasteiger partial charge in [-0.15, -0.1) is 0 Å². The first-order valence-electron chi connectivity index (χ1n) is 5.40. The number of aromatic amines is 1.